The molecule has 24 heavy (non-hydrogen) atoms. The van der Waals surface area contributed by atoms with Crippen LogP contribution in [0.25, 0.3) is 0 Å². The number of carbonyl (C=O) groups excluding carboxylic acids is 2. The Labute approximate surface area is 141 Å². The molecule has 1 aromatic rings. The van der Waals surface area contributed by atoms with Crippen molar-refractivity contribution in [3.05, 3.63) is 23.8 Å². The van der Waals surface area contributed by atoms with Gasteiger partial charge < -0.3 is 20.1 Å². The molecule has 2 N–H and O–H groups in total. The summed E-state index contributed by atoms with van der Waals surface area (Å²) in [7, 11) is 0. The molecule has 0 radical (unpaired) electrons. The third kappa shape index (κ3) is 3.79. The number of fused-ring (bicyclic) bond motifs is 1. The molecule has 0 saturated carbocycles. The molecule has 0 aliphatic carbocycles. The van der Waals surface area contributed by atoms with Crippen LogP contribution in [0.4, 0.5) is 0 Å². The zero-order valence-electron chi connectivity index (χ0n) is 13.9. The highest BCUT2D eigenvalue weighted by atomic mass is 16.6. The maximum Gasteiger partial charge on any atom is 0.223 e. The van der Waals surface area contributed by atoms with E-state index < -0.39 is 0 Å². The van der Waals surface area contributed by atoms with Crippen molar-refractivity contribution in [1.29, 1.82) is 0 Å². The minimum Gasteiger partial charge on any atom is -0.486 e. The Morgan fingerprint density at radius 3 is 2.62 bits per heavy atom. The Hall–Kier alpha value is -2.28. The summed E-state index contributed by atoms with van der Waals surface area (Å²) in [6.45, 7) is 5.56. The van der Waals surface area contributed by atoms with E-state index in [9.17, 15) is 9.59 Å². The van der Waals surface area contributed by atoms with E-state index in [0.29, 0.717) is 45.9 Å². The monoisotopic (exact) mass is 333 g/mol. The lowest BCUT2D eigenvalue weighted by molar-refractivity contribution is -0.130. The number of primary amides is 1. The summed E-state index contributed by atoms with van der Waals surface area (Å²) in [4.78, 5) is 27.2. The van der Waals surface area contributed by atoms with Crippen LogP contribution in [0.5, 0.6) is 11.5 Å². The standard InChI is InChI=1S/C17H23N3O4/c1-12(21)20-5-4-19(10-14(11-20)17(18)22)9-13-2-3-15-16(8-13)24-7-6-23-15/h2-3,8,14H,4-7,9-11H2,1H3,(H2,18,22). The molecule has 7 nitrogen and oxygen atoms in total. The fourth-order valence-electron chi connectivity index (χ4n) is 3.13. The molecule has 2 aliphatic rings. The topological polar surface area (TPSA) is 85.1 Å². The number of hydrogen-bond acceptors (Lipinski definition) is 5. The lowest BCUT2D eigenvalue weighted by Crippen LogP contribution is -2.39. The number of amides is 2. The SMILES string of the molecule is CC(=O)N1CCN(Cc2ccc3c(c2)OCCO3)CC(C(N)=O)C1. The Kier molecular flexibility index (Phi) is 4.89. The Morgan fingerprint density at radius 1 is 1.17 bits per heavy atom. The maximum absolute atomic E-state index is 11.7. The Balaban J connectivity index is 1.71. The lowest BCUT2D eigenvalue weighted by Gasteiger charge is -2.23. The van der Waals surface area contributed by atoms with Gasteiger partial charge in [0, 0.05) is 39.6 Å². The average Bonchev–Trinajstić information content (AvgIpc) is 2.78. The van der Waals surface area contributed by atoms with Crippen molar-refractivity contribution in [3.8, 4) is 11.5 Å². The molecular weight excluding hydrogens is 310 g/mol. The lowest BCUT2D eigenvalue weighted by atomic mass is 10.1. The molecular formula is C17H23N3O4. The van der Waals surface area contributed by atoms with E-state index in [2.05, 4.69) is 4.90 Å². The minimum absolute atomic E-state index is 0.0255. The molecule has 2 heterocycles. The number of rotatable bonds is 3. The number of carbonyl (C=O) groups is 2. The highest BCUT2D eigenvalue weighted by molar-refractivity contribution is 5.79. The van der Waals surface area contributed by atoms with Gasteiger partial charge in [-0.15, -0.1) is 0 Å². The summed E-state index contributed by atoms with van der Waals surface area (Å²) in [6.07, 6.45) is 0. The van der Waals surface area contributed by atoms with Crippen LogP contribution in [0.3, 0.4) is 0 Å². The van der Waals surface area contributed by atoms with Crippen LogP contribution < -0.4 is 15.2 Å². The van der Waals surface area contributed by atoms with E-state index in [1.54, 1.807) is 4.90 Å². The van der Waals surface area contributed by atoms with E-state index in [1.165, 1.54) is 6.92 Å². The molecule has 2 amide bonds. The fourth-order valence-corrected chi connectivity index (χ4v) is 3.13. The normalized spacial score (nSPS) is 21.2. The van der Waals surface area contributed by atoms with E-state index >= 15 is 0 Å². The molecule has 3 rings (SSSR count). The highest BCUT2D eigenvalue weighted by Crippen LogP contribution is 2.31. The van der Waals surface area contributed by atoms with Crippen LogP contribution in [-0.4, -0.2) is 61.0 Å². The molecule has 0 bridgehead atoms. The quantitative estimate of drug-likeness (QED) is 0.855. The molecule has 1 atom stereocenters. The summed E-state index contributed by atoms with van der Waals surface area (Å²) in [5.41, 5.74) is 6.59. The first kappa shape index (κ1) is 16.6. The van der Waals surface area contributed by atoms with Gasteiger partial charge in [0.1, 0.15) is 13.2 Å². The van der Waals surface area contributed by atoms with E-state index in [-0.39, 0.29) is 17.7 Å². The molecule has 7 heteroatoms. The van der Waals surface area contributed by atoms with Crippen molar-refractivity contribution in [2.75, 3.05) is 39.4 Å². The predicted molar refractivity (Wildman–Crippen MR) is 87.6 cm³/mol. The Bertz CT molecular complexity index is 634. The minimum atomic E-state index is -0.365. The number of hydrogen-bond donors (Lipinski definition) is 1. The summed E-state index contributed by atoms with van der Waals surface area (Å²) < 4.78 is 11.1. The molecule has 1 fully saturated rings. The molecule has 1 unspecified atom stereocenters. The van der Waals surface area contributed by atoms with Crippen LogP contribution >= 0.6 is 0 Å². The second-order valence-corrected chi connectivity index (χ2v) is 6.28. The van der Waals surface area contributed by atoms with Gasteiger partial charge in [-0.05, 0) is 17.7 Å². The van der Waals surface area contributed by atoms with Gasteiger partial charge >= 0.3 is 0 Å². The molecule has 0 spiro atoms. The number of nitrogens with two attached hydrogens (primary N) is 1. The van der Waals surface area contributed by atoms with Gasteiger partial charge in [-0.25, -0.2) is 0 Å². The molecule has 130 valence electrons. The Morgan fingerprint density at radius 2 is 1.92 bits per heavy atom. The maximum atomic E-state index is 11.7. The number of nitrogens with zero attached hydrogens (tertiary/aromatic N) is 2. The number of benzene rings is 1. The summed E-state index contributed by atoms with van der Waals surface area (Å²) in [6, 6.07) is 5.89. The zero-order chi connectivity index (χ0) is 17.1. The van der Waals surface area contributed by atoms with Gasteiger partial charge in [-0.1, -0.05) is 6.07 Å². The molecule has 0 aromatic heterocycles. The summed E-state index contributed by atoms with van der Waals surface area (Å²) >= 11 is 0. The molecule has 2 aliphatic heterocycles. The first-order chi connectivity index (χ1) is 11.5. The van der Waals surface area contributed by atoms with Gasteiger partial charge in [-0.2, -0.15) is 0 Å². The first-order valence-corrected chi connectivity index (χ1v) is 8.18. The summed E-state index contributed by atoms with van der Waals surface area (Å²) in [5, 5.41) is 0. The van der Waals surface area contributed by atoms with Crippen molar-refractivity contribution in [2.24, 2.45) is 11.7 Å². The second-order valence-electron chi connectivity index (χ2n) is 6.28. The summed E-state index contributed by atoms with van der Waals surface area (Å²) in [5.74, 6) is 0.774. The first-order valence-electron chi connectivity index (χ1n) is 8.18. The molecule has 1 saturated heterocycles. The third-order valence-electron chi connectivity index (χ3n) is 4.47. The number of ether oxygens (including phenoxy) is 2. The van der Waals surface area contributed by atoms with Gasteiger partial charge in [0.2, 0.25) is 11.8 Å². The van der Waals surface area contributed by atoms with Crippen LogP contribution in [-0.2, 0) is 16.1 Å². The van der Waals surface area contributed by atoms with Crippen molar-refractivity contribution < 1.29 is 19.1 Å². The van der Waals surface area contributed by atoms with Crippen molar-refractivity contribution >= 4 is 11.8 Å². The van der Waals surface area contributed by atoms with Crippen molar-refractivity contribution in [1.82, 2.24) is 9.80 Å². The van der Waals surface area contributed by atoms with Crippen LogP contribution in [0.15, 0.2) is 18.2 Å². The van der Waals surface area contributed by atoms with Gasteiger partial charge in [-0.3, -0.25) is 14.5 Å². The second kappa shape index (κ2) is 7.09. The smallest absolute Gasteiger partial charge is 0.223 e. The van der Waals surface area contributed by atoms with E-state index in [1.807, 2.05) is 18.2 Å². The van der Waals surface area contributed by atoms with Crippen LogP contribution in [0.2, 0.25) is 0 Å². The van der Waals surface area contributed by atoms with Crippen LogP contribution in [0.1, 0.15) is 12.5 Å². The van der Waals surface area contributed by atoms with Crippen molar-refractivity contribution in [2.45, 2.75) is 13.5 Å². The van der Waals surface area contributed by atoms with Gasteiger partial charge in [0.05, 0.1) is 5.92 Å². The van der Waals surface area contributed by atoms with Gasteiger partial charge in [0.25, 0.3) is 0 Å². The van der Waals surface area contributed by atoms with E-state index in [0.717, 1.165) is 17.1 Å². The highest BCUT2D eigenvalue weighted by Gasteiger charge is 2.27. The fraction of sp³-hybridized carbons (Fsp3) is 0.529. The van der Waals surface area contributed by atoms with Crippen molar-refractivity contribution in [3.63, 3.8) is 0 Å². The van der Waals surface area contributed by atoms with Gasteiger partial charge in [0.15, 0.2) is 11.5 Å². The zero-order valence-corrected chi connectivity index (χ0v) is 13.9. The third-order valence-corrected chi connectivity index (χ3v) is 4.47. The average molecular weight is 333 g/mol. The van der Waals surface area contributed by atoms with Crippen LogP contribution in [0, 0.1) is 5.92 Å². The van der Waals surface area contributed by atoms with E-state index in [4.69, 9.17) is 15.2 Å². The molecule has 1 aromatic carbocycles. The largest absolute Gasteiger partial charge is 0.486 e. The predicted octanol–water partition coefficient (Wildman–Crippen LogP) is 0.223.